The molecule has 0 radical (unpaired) electrons. The van der Waals surface area contributed by atoms with Crippen molar-refractivity contribution < 1.29 is 8.42 Å². The quantitative estimate of drug-likeness (QED) is 0.438. The molecule has 1 aromatic carbocycles. The van der Waals surface area contributed by atoms with Gasteiger partial charge in [-0.15, -0.1) is 5.54 Å². The lowest BCUT2D eigenvalue weighted by atomic mass is 9.98. The number of hydrogen-bond donors (Lipinski definition) is 0. The average Bonchev–Trinajstić information content (AvgIpc) is 3.00. The van der Waals surface area contributed by atoms with Crippen LogP contribution in [-0.4, -0.2) is 25.2 Å². The van der Waals surface area contributed by atoms with E-state index in [1.54, 1.807) is 13.1 Å². The van der Waals surface area contributed by atoms with Gasteiger partial charge in [0.15, 0.2) is 0 Å². The van der Waals surface area contributed by atoms with E-state index in [4.69, 9.17) is 0 Å². The molecule has 0 aliphatic heterocycles. The second kappa shape index (κ2) is 6.80. The number of halogens is 1. The first-order valence-electron chi connectivity index (χ1n) is 8.88. The van der Waals surface area contributed by atoms with Crippen molar-refractivity contribution in [2.45, 2.75) is 44.7 Å². The highest BCUT2D eigenvalue weighted by Gasteiger charge is 2.39. The standard InChI is InChI=1S/C21H24BrNO2SSi/c1-16-7-6-12-21(2,15-16)26(24,25)23-13-10-18-17(11-14-27(3,4)5)8-9-19(22)20(18)23/h6-10,13,15H,12H2,1-5H3. The zero-order valence-electron chi connectivity index (χ0n) is 16.3. The van der Waals surface area contributed by atoms with Crippen LogP contribution in [-0.2, 0) is 10.0 Å². The number of nitrogens with zero attached hydrogens (tertiary/aromatic N) is 1. The van der Waals surface area contributed by atoms with Gasteiger partial charge in [0.25, 0.3) is 0 Å². The number of hydrogen-bond acceptors (Lipinski definition) is 2. The summed E-state index contributed by atoms with van der Waals surface area (Å²) in [6.45, 7) is 10.3. The molecule has 1 atom stereocenters. The summed E-state index contributed by atoms with van der Waals surface area (Å²) in [6.07, 6.45) is 7.84. The third kappa shape index (κ3) is 3.73. The molecule has 1 aliphatic rings. The Morgan fingerprint density at radius 2 is 1.93 bits per heavy atom. The molecule has 0 N–H and O–H groups in total. The van der Waals surface area contributed by atoms with Gasteiger partial charge < -0.3 is 0 Å². The molecule has 0 spiro atoms. The largest absolute Gasteiger partial charge is 0.248 e. The fourth-order valence-corrected chi connectivity index (χ4v) is 6.14. The molecule has 0 fully saturated rings. The van der Waals surface area contributed by atoms with Gasteiger partial charge in [-0.25, -0.2) is 12.4 Å². The minimum Gasteiger partial charge on any atom is -0.243 e. The second-order valence-electron chi connectivity index (χ2n) is 8.28. The van der Waals surface area contributed by atoms with Crippen LogP contribution in [0.1, 0.15) is 25.8 Å². The molecule has 3 rings (SSSR count). The molecule has 6 heteroatoms. The molecule has 27 heavy (non-hydrogen) atoms. The van der Waals surface area contributed by atoms with Crippen LogP contribution in [0.25, 0.3) is 10.9 Å². The van der Waals surface area contributed by atoms with E-state index in [9.17, 15) is 8.42 Å². The average molecular weight is 462 g/mol. The summed E-state index contributed by atoms with van der Waals surface area (Å²) >= 11 is 3.54. The van der Waals surface area contributed by atoms with Crippen molar-refractivity contribution in [1.82, 2.24) is 3.97 Å². The van der Waals surface area contributed by atoms with Gasteiger partial charge >= 0.3 is 0 Å². The fourth-order valence-electron chi connectivity index (χ4n) is 3.23. The lowest BCUT2D eigenvalue weighted by Crippen LogP contribution is -2.38. The van der Waals surface area contributed by atoms with Crippen molar-refractivity contribution in [1.29, 1.82) is 0 Å². The molecule has 2 aromatic rings. The molecule has 0 saturated carbocycles. The first kappa shape index (κ1) is 20.2. The van der Waals surface area contributed by atoms with Crippen molar-refractivity contribution in [3.8, 4) is 11.5 Å². The SMILES string of the molecule is CC1=CC(C)(S(=O)(=O)n2ccc3c(C#C[Si](C)(C)C)ccc(Br)c32)CC=C1. The number of rotatable bonds is 2. The molecule has 0 amide bonds. The highest BCUT2D eigenvalue weighted by Crippen LogP contribution is 2.36. The van der Waals surface area contributed by atoms with Gasteiger partial charge in [-0.3, -0.25) is 0 Å². The summed E-state index contributed by atoms with van der Waals surface area (Å²) in [6, 6.07) is 5.68. The monoisotopic (exact) mass is 461 g/mol. The topological polar surface area (TPSA) is 39.1 Å². The first-order chi connectivity index (χ1) is 12.4. The van der Waals surface area contributed by atoms with E-state index in [1.165, 1.54) is 3.97 Å². The van der Waals surface area contributed by atoms with Gasteiger partial charge in [0.1, 0.15) is 12.8 Å². The zero-order chi connectivity index (χ0) is 20.0. The van der Waals surface area contributed by atoms with Crippen LogP contribution >= 0.6 is 15.9 Å². The maximum absolute atomic E-state index is 13.5. The highest BCUT2D eigenvalue weighted by atomic mass is 79.9. The van der Waals surface area contributed by atoms with Crippen LogP contribution in [0.5, 0.6) is 0 Å². The van der Waals surface area contributed by atoms with E-state index in [2.05, 4.69) is 47.0 Å². The predicted molar refractivity (Wildman–Crippen MR) is 120 cm³/mol. The molecule has 0 saturated heterocycles. The lowest BCUT2D eigenvalue weighted by Gasteiger charge is -2.28. The second-order valence-corrected chi connectivity index (χ2v) is 16.2. The third-order valence-electron chi connectivity index (χ3n) is 4.62. The maximum Gasteiger partial charge on any atom is 0.248 e. The maximum atomic E-state index is 13.5. The summed E-state index contributed by atoms with van der Waals surface area (Å²) in [7, 11) is -5.17. The van der Waals surface area contributed by atoms with Crippen molar-refractivity contribution in [3.05, 3.63) is 58.2 Å². The first-order valence-corrected chi connectivity index (χ1v) is 14.6. The third-order valence-corrected chi connectivity index (χ3v) is 8.42. The molecule has 1 aromatic heterocycles. The van der Waals surface area contributed by atoms with Gasteiger partial charge in [0.05, 0.1) is 5.52 Å². The summed E-state index contributed by atoms with van der Waals surface area (Å²) in [5.74, 6) is 3.28. The molecular weight excluding hydrogens is 438 g/mol. The number of benzene rings is 1. The fraction of sp³-hybridized carbons (Fsp3) is 0.333. The summed E-state index contributed by atoms with van der Waals surface area (Å²) in [4.78, 5) is 0. The Balaban J connectivity index is 2.22. The van der Waals surface area contributed by atoms with Crippen LogP contribution in [0.2, 0.25) is 19.6 Å². The van der Waals surface area contributed by atoms with Crippen LogP contribution in [0, 0.1) is 11.5 Å². The number of aromatic nitrogens is 1. The normalized spacial score (nSPS) is 20.3. The lowest BCUT2D eigenvalue weighted by molar-refractivity contribution is 0.554. The van der Waals surface area contributed by atoms with Crippen LogP contribution in [0.3, 0.4) is 0 Å². The van der Waals surface area contributed by atoms with E-state index >= 15 is 0 Å². The van der Waals surface area contributed by atoms with Gasteiger partial charge in [-0.1, -0.05) is 49.4 Å². The minimum absolute atomic E-state index is 0.457. The van der Waals surface area contributed by atoms with E-state index in [-0.39, 0.29) is 0 Å². The van der Waals surface area contributed by atoms with Crippen molar-refractivity contribution in [2.24, 2.45) is 0 Å². The van der Waals surface area contributed by atoms with Crippen LogP contribution in [0.4, 0.5) is 0 Å². The van der Waals surface area contributed by atoms with Crippen molar-refractivity contribution in [2.75, 3.05) is 0 Å². The Hall–Kier alpha value is -1.55. The van der Waals surface area contributed by atoms with E-state index in [0.717, 1.165) is 21.0 Å². The van der Waals surface area contributed by atoms with Gasteiger partial charge in [-0.05, 0) is 54.4 Å². The van der Waals surface area contributed by atoms with Crippen LogP contribution in [0.15, 0.2) is 52.7 Å². The smallest absolute Gasteiger partial charge is 0.243 e. The Morgan fingerprint density at radius 3 is 2.56 bits per heavy atom. The Labute approximate surface area is 171 Å². The van der Waals surface area contributed by atoms with Crippen molar-refractivity contribution in [3.63, 3.8) is 0 Å². The summed E-state index contributed by atoms with van der Waals surface area (Å²) < 4.78 is 28.3. The summed E-state index contributed by atoms with van der Waals surface area (Å²) in [5, 5.41) is 0.856. The van der Waals surface area contributed by atoms with Gasteiger partial charge in [0, 0.05) is 21.6 Å². The van der Waals surface area contributed by atoms with Gasteiger partial charge in [-0.2, -0.15) is 0 Å². The van der Waals surface area contributed by atoms with E-state index < -0.39 is 22.8 Å². The molecule has 1 aliphatic carbocycles. The Bertz CT molecular complexity index is 1140. The molecule has 1 heterocycles. The number of allylic oxidation sites excluding steroid dienone is 3. The minimum atomic E-state index is -3.64. The Kier molecular flexibility index (Phi) is 5.09. The van der Waals surface area contributed by atoms with Crippen molar-refractivity contribution >= 4 is 44.9 Å². The van der Waals surface area contributed by atoms with E-state index in [0.29, 0.717) is 11.9 Å². The molecule has 142 valence electrons. The molecule has 0 bridgehead atoms. The van der Waals surface area contributed by atoms with Gasteiger partial charge in [0.2, 0.25) is 10.0 Å². The highest BCUT2D eigenvalue weighted by molar-refractivity contribution is 9.10. The molecular formula is C21H24BrNO2SSi. The molecule has 3 nitrogen and oxygen atoms in total. The number of fused-ring (bicyclic) bond motifs is 1. The zero-order valence-corrected chi connectivity index (χ0v) is 19.7. The molecule has 1 unspecified atom stereocenters. The Morgan fingerprint density at radius 1 is 1.22 bits per heavy atom. The van der Waals surface area contributed by atoms with Crippen LogP contribution < -0.4 is 0 Å². The summed E-state index contributed by atoms with van der Waals surface area (Å²) in [5.41, 5.74) is 5.85. The van der Waals surface area contributed by atoms with E-state index in [1.807, 2.05) is 43.4 Å². The predicted octanol–water partition coefficient (Wildman–Crippen LogP) is 5.48.